The van der Waals surface area contributed by atoms with Gasteiger partial charge in [-0.05, 0) is 12.5 Å². The summed E-state index contributed by atoms with van der Waals surface area (Å²) in [7, 11) is 3.35. The number of aromatic hydroxyl groups is 1. The molecule has 2 aliphatic carbocycles. The number of allylic oxidation sites excluding steroid dienone is 1. The molecule has 1 saturated heterocycles. The predicted octanol–water partition coefficient (Wildman–Crippen LogP) is 3.65. The summed E-state index contributed by atoms with van der Waals surface area (Å²) >= 11 is 0. The third kappa shape index (κ3) is 2.25. The number of nitrogens with zero attached hydrogens (tertiary/aromatic N) is 1. The third-order valence-corrected chi connectivity index (χ3v) is 6.86. The first-order chi connectivity index (χ1) is 15.0. The van der Waals surface area contributed by atoms with E-state index in [1.54, 1.807) is 0 Å². The number of Topliss-reactive ketones (excluding diaryl/α,β-unsaturated/α-hetero) is 2. The van der Waals surface area contributed by atoms with E-state index in [0.29, 0.717) is 53.9 Å². The highest BCUT2D eigenvalue weighted by molar-refractivity contribution is 6.33. The fraction of sp³-hybridized carbons (Fsp3) is 0.333. The number of methoxy groups -OCH3 is 1. The van der Waals surface area contributed by atoms with Gasteiger partial charge in [-0.2, -0.15) is 0 Å². The Bertz CT molecular complexity index is 1360. The normalized spacial score (nSPS) is 20.1. The maximum absolute atomic E-state index is 13.7. The molecule has 6 rings (SSSR count). The SMILES string of the molecule is COc1c2c(c(O)c3c4ccccc4n(C)c13)C(=O)C1=C(CCC3(C1)OCCO3)C2=O. The molecular formula is C24H21NO6. The molecule has 2 heterocycles. The average molecular weight is 419 g/mol. The maximum atomic E-state index is 13.7. The van der Waals surface area contributed by atoms with Crippen LogP contribution in [-0.4, -0.2) is 47.4 Å². The van der Waals surface area contributed by atoms with Gasteiger partial charge in [0.15, 0.2) is 23.1 Å². The zero-order valence-electron chi connectivity index (χ0n) is 17.3. The first-order valence-electron chi connectivity index (χ1n) is 10.4. The number of ketones is 2. The molecule has 1 aliphatic heterocycles. The molecule has 0 bridgehead atoms. The highest BCUT2D eigenvalue weighted by atomic mass is 16.7. The Morgan fingerprint density at radius 3 is 2.52 bits per heavy atom. The Labute approximate surface area is 177 Å². The van der Waals surface area contributed by atoms with Gasteiger partial charge in [-0.3, -0.25) is 9.59 Å². The monoisotopic (exact) mass is 419 g/mol. The molecule has 0 saturated carbocycles. The van der Waals surface area contributed by atoms with Crippen molar-refractivity contribution in [2.45, 2.75) is 25.0 Å². The number of aromatic nitrogens is 1. The van der Waals surface area contributed by atoms with Gasteiger partial charge in [-0.25, -0.2) is 0 Å². The topological polar surface area (TPSA) is 87.0 Å². The van der Waals surface area contributed by atoms with E-state index in [2.05, 4.69) is 0 Å². The number of phenols is 1. The molecule has 1 aromatic heterocycles. The Morgan fingerprint density at radius 1 is 1.06 bits per heavy atom. The van der Waals surface area contributed by atoms with E-state index in [4.69, 9.17) is 14.2 Å². The van der Waals surface area contributed by atoms with Crippen molar-refractivity contribution in [3.05, 3.63) is 46.5 Å². The molecule has 158 valence electrons. The summed E-state index contributed by atoms with van der Waals surface area (Å²) < 4.78 is 19.2. The molecule has 0 amide bonds. The Balaban J connectivity index is 1.67. The van der Waals surface area contributed by atoms with Crippen LogP contribution in [0.4, 0.5) is 0 Å². The van der Waals surface area contributed by atoms with Crippen molar-refractivity contribution in [2.24, 2.45) is 7.05 Å². The summed E-state index contributed by atoms with van der Waals surface area (Å²) in [5.41, 5.74) is 2.48. The van der Waals surface area contributed by atoms with Crippen LogP contribution in [0, 0.1) is 0 Å². The Hall–Kier alpha value is -3.16. The van der Waals surface area contributed by atoms with Crippen LogP contribution < -0.4 is 4.74 Å². The summed E-state index contributed by atoms with van der Waals surface area (Å²) in [6, 6.07) is 7.60. The number of aryl methyl sites for hydroxylation is 1. The van der Waals surface area contributed by atoms with Crippen LogP contribution in [-0.2, 0) is 16.5 Å². The van der Waals surface area contributed by atoms with E-state index in [-0.39, 0.29) is 34.9 Å². The highest BCUT2D eigenvalue weighted by Crippen LogP contribution is 2.51. The first kappa shape index (κ1) is 18.6. The zero-order valence-corrected chi connectivity index (χ0v) is 17.3. The number of rotatable bonds is 1. The second-order valence-electron chi connectivity index (χ2n) is 8.33. The molecule has 1 spiro atoms. The quantitative estimate of drug-likeness (QED) is 0.648. The lowest BCUT2D eigenvalue weighted by atomic mass is 9.74. The number of hydrogen-bond acceptors (Lipinski definition) is 6. The summed E-state index contributed by atoms with van der Waals surface area (Å²) in [6.45, 7) is 0.939. The highest BCUT2D eigenvalue weighted by Gasteiger charge is 2.48. The molecule has 7 heteroatoms. The van der Waals surface area contributed by atoms with Crippen LogP contribution in [0.25, 0.3) is 21.8 Å². The molecule has 3 aliphatic rings. The van der Waals surface area contributed by atoms with Gasteiger partial charge < -0.3 is 23.9 Å². The van der Waals surface area contributed by atoms with Crippen LogP contribution in [0.2, 0.25) is 0 Å². The van der Waals surface area contributed by atoms with Gasteiger partial charge in [0.2, 0.25) is 0 Å². The zero-order chi connectivity index (χ0) is 21.5. The standard InChI is InChI=1S/C24H21NO6/c1-25-15-6-4-3-5-13(15)16-19(25)23(29-2)18-17(22(16)28)21(27)14-11-24(30-9-10-31-24)8-7-12(14)20(18)26/h3-6,28H,7-11H2,1-2H3. The minimum Gasteiger partial charge on any atom is -0.506 e. The molecule has 3 aromatic rings. The van der Waals surface area contributed by atoms with Crippen LogP contribution in [0.5, 0.6) is 11.5 Å². The molecule has 2 aromatic carbocycles. The lowest BCUT2D eigenvalue weighted by Crippen LogP contribution is -2.38. The van der Waals surface area contributed by atoms with E-state index in [0.717, 1.165) is 10.9 Å². The van der Waals surface area contributed by atoms with Gasteiger partial charge in [0.25, 0.3) is 0 Å². The van der Waals surface area contributed by atoms with Crippen molar-refractivity contribution < 1.29 is 28.9 Å². The van der Waals surface area contributed by atoms with E-state index in [1.807, 2.05) is 35.9 Å². The van der Waals surface area contributed by atoms with E-state index < -0.39 is 5.79 Å². The molecule has 0 atom stereocenters. The fourth-order valence-corrected chi connectivity index (χ4v) is 5.45. The number of benzene rings is 2. The van der Waals surface area contributed by atoms with Crippen LogP contribution in [0.15, 0.2) is 35.4 Å². The molecule has 1 fully saturated rings. The number of ether oxygens (including phenoxy) is 3. The smallest absolute Gasteiger partial charge is 0.194 e. The van der Waals surface area contributed by atoms with Gasteiger partial charge in [0.05, 0.1) is 42.4 Å². The van der Waals surface area contributed by atoms with Crippen molar-refractivity contribution in [1.82, 2.24) is 4.57 Å². The van der Waals surface area contributed by atoms with E-state index in [1.165, 1.54) is 7.11 Å². The molecule has 7 nitrogen and oxygen atoms in total. The first-order valence-corrected chi connectivity index (χ1v) is 10.4. The molecule has 31 heavy (non-hydrogen) atoms. The number of hydrogen-bond donors (Lipinski definition) is 1. The van der Waals surface area contributed by atoms with E-state index in [9.17, 15) is 14.7 Å². The summed E-state index contributed by atoms with van der Waals surface area (Å²) in [4.78, 5) is 27.3. The minimum absolute atomic E-state index is 0.0134. The predicted molar refractivity (Wildman–Crippen MR) is 113 cm³/mol. The number of phenolic OH excluding ortho intramolecular Hbond substituents is 1. The lowest BCUT2D eigenvalue weighted by molar-refractivity contribution is -0.162. The van der Waals surface area contributed by atoms with Crippen molar-refractivity contribution in [1.29, 1.82) is 0 Å². The molecule has 0 unspecified atom stereocenters. The van der Waals surface area contributed by atoms with Crippen molar-refractivity contribution >= 4 is 33.4 Å². The van der Waals surface area contributed by atoms with Gasteiger partial charge in [0, 0.05) is 41.9 Å². The summed E-state index contributed by atoms with van der Waals surface area (Å²) in [5, 5.41) is 12.6. The second-order valence-corrected chi connectivity index (χ2v) is 8.33. The Morgan fingerprint density at radius 2 is 1.77 bits per heavy atom. The van der Waals surface area contributed by atoms with Crippen molar-refractivity contribution in [3.8, 4) is 11.5 Å². The molecule has 0 radical (unpaired) electrons. The average Bonchev–Trinajstić information content (AvgIpc) is 3.35. The van der Waals surface area contributed by atoms with Crippen molar-refractivity contribution in [2.75, 3.05) is 20.3 Å². The summed E-state index contributed by atoms with van der Waals surface area (Å²) in [6.07, 6.45) is 1.11. The van der Waals surface area contributed by atoms with Gasteiger partial charge in [-0.15, -0.1) is 0 Å². The van der Waals surface area contributed by atoms with Crippen LogP contribution in [0.3, 0.4) is 0 Å². The molecule has 1 N–H and O–H groups in total. The third-order valence-electron chi connectivity index (χ3n) is 6.86. The van der Waals surface area contributed by atoms with Gasteiger partial charge in [-0.1, -0.05) is 18.2 Å². The van der Waals surface area contributed by atoms with Crippen molar-refractivity contribution in [3.63, 3.8) is 0 Å². The van der Waals surface area contributed by atoms with Gasteiger partial charge in [0.1, 0.15) is 5.75 Å². The second kappa shape index (κ2) is 6.18. The van der Waals surface area contributed by atoms with Gasteiger partial charge >= 0.3 is 0 Å². The number of para-hydroxylation sites is 1. The number of fused-ring (bicyclic) bond motifs is 4. The maximum Gasteiger partial charge on any atom is 0.194 e. The van der Waals surface area contributed by atoms with Crippen LogP contribution in [0.1, 0.15) is 40.0 Å². The number of carbonyl (C=O) groups is 2. The minimum atomic E-state index is -0.852. The largest absolute Gasteiger partial charge is 0.506 e. The summed E-state index contributed by atoms with van der Waals surface area (Å²) in [5.74, 6) is -1.33. The van der Waals surface area contributed by atoms with E-state index >= 15 is 0 Å². The molecular weight excluding hydrogens is 398 g/mol. The Kier molecular flexibility index (Phi) is 3.71. The number of carbonyl (C=O) groups excluding carboxylic acids is 2. The lowest BCUT2D eigenvalue weighted by Gasteiger charge is -2.35. The fourth-order valence-electron chi connectivity index (χ4n) is 5.45. The van der Waals surface area contributed by atoms with Crippen LogP contribution >= 0.6 is 0 Å².